The largest absolute Gasteiger partial charge is 0.494 e. The van der Waals surface area contributed by atoms with Gasteiger partial charge in [0.25, 0.3) is 0 Å². The second-order valence-electron chi connectivity index (χ2n) is 5.03. The first-order chi connectivity index (χ1) is 9.83. The Morgan fingerprint density at radius 1 is 1.30 bits per heavy atom. The minimum absolute atomic E-state index is 0.688. The van der Waals surface area contributed by atoms with Crippen LogP contribution in [-0.4, -0.2) is 21.2 Å². The van der Waals surface area contributed by atoms with Gasteiger partial charge < -0.3 is 4.74 Å². The van der Waals surface area contributed by atoms with E-state index in [0.29, 0.717) is 12.5 Å². The summed E-state index contributed by atoms with van der Waals surface area (Å²) in [6, 6.07) is 8.04. The minimum atomic E-state index is 0.688. The van der Waals surface area contributed by atoms with Gasteiger partial charge in [-0.05, 0) is 44.0 Å². The molecule has 2 heterocycles. The molecule has 0 aliphatic heterocycles. The Morgan fingerprint density at radius 3 is 2.75 bits per heavy atom. The lowest BCUT2D eigenvalue weighted by atomic mass is 10.2. The second-order valence-corrected chi connectivity index (χ2v) is 6.01. The van der Waals surface area contributed by atoms with Crippen LogP contribution in [0.1, 0.15) is 30.7 Å². The number of fused-ring (bicyclic) bond motifs is 1. The minimum Gasteiger partial charge on any atom is -0.494 e. The number of hydrogen-bond acceptors (Lipinski definition) is 4. The maximum absolute atomic E-state index is 5.45. The third kappa shape index (κ3) is 2.08. The van der Waals surface area contributed by atoms with Gasteiger partial charge in [0.05, 0.1) is 18.5 Å². The third-order valence-electron chi connectivity index (χ3n) is 3.45. The number of nitrogens with zero attached hydrogens (tertiary/aromatic N) is 3. The lowest BCUT2D eigenvalue weighted by Crippen LogP contribution is -1.90. The Bertz CT molecular complexity index is 709. The van der Waals surface area contributed by atoms with Crippen LogP contribution in [0.3, 0.4) is 0 Å². The maximum Gasteiger partial charge on any atom is 0.212 e. The van der Waals surface area contributed by atoms with E-state index in [1.807, 2.05) is 41.9 Å². The SMILES string of the molecule is CCOc1ccc(-c2cn3nc(C4CC4)sc3n2)cc1. The molecule has 0 unspecified atom stereocenters. The van der Waals surface area contributed by atoms with E-state index in [9.17, 15) is 0 Å². The molecule has 0 saturated heterocycles. The van der Waals surface area contributed by atoms with Crippen molar-refractivity contribution in [3.8, 4) is 17.0 Å². The summed E-state index contributed by atoms with van der Waals surface area (Å²) in [7, 11) is 0. The van der Waals surface area contributed by atoms with Gasteiger partial charge in [-0.3, -0.25) is 0 Å². The van der Waals surface area contributed by atoms with Gasteiger partial charge in [-0.25, -0.2) is 9.50 Å². The molecular weight excluding hydrogens is 270 g/mol. The van der Waals surface area contributed by atoms with Crippen LogP contribution in [0, 0.1) is 0 Å². The Hall–Kier alpha value is -1.88. The van der Waals surface area contributed by atoms with E-state index in [1.165, 1.54) is 17.8 Å². The van der Waals surface area contributed by atoms with Crippen LogP contribution < -0.4 is 4.74 Å². The summed E-state index contributed by atoms with van der Waals surface area (Å²) in [6.07, 6.45) is 4.57. The molecule has 5 heteroatoms. The Morgan fingerprint density at radius 2 is 2.10 bits per heavy atom. The summed E-state index contributed by atoms with van der Waals surface area (Å²) in [5.41, 5.74) is 2.06. The number of benzene rings is 1. The smallest absolute Gasteiger partial charge is 0.212 e. The third-order valence-corrected chi connectivity index (χ3v) is 4.53. The number of rotatable bonds is 4. The van der Waals surface area contributed by atoms with Crippen LogP contribution in [-0.2, 0) is 0 Å². The molecule has 1 fully saturated rings. The molecule has 4 nitrogen and oxygen atoms in total. The number of ether oxygens (including phenoxy) is 1. The van der Waals surface area contributed by atoms with E-state index in [1.54, 1.807) is 11.3 Å². The van der Waals surface area contributed by atoms with Crippen molar-refractivity contribution in [2.24, 2.45) is 0 Å². The first-order valence-electron chi connectivity index (χ1n) is 6.93. The van der Waals surface area contributed by atoms with Gasteiger partial charge in [-0.2, -0.15) is 5.10 Å². The van der Waals surface area contributed by atoms with E-state index in [2.05, 4.69) is 10.1 Å². The molecule has 1 aromatic carbocycles. The topological polar surface area (TPSA) is 39.4 Å². The summed E-state index contributed by atoms with van der Waals surface area (Å²) in [5, 5.41) is 5.84. The van der Waals surface area contributed by atoms with E-state index in [-0.39, 0.29) is 0 Å². The van der Waals surface area contributed by atoms with Crippen molar-refractivity contribution in [1.29, 1.82) is 0 Å². The first kappa shape index (κ1) is 11.9. The van der Waals surface area contributed by atoms with Crippen molar-refractivity contribution in [2.75, 3.05) is 6.61 Å². The van der Waals surface area contributed by atoms with Gasteiger partial charge in [0.15, 0.2) is 0 Å². The zero-order valence-electron chi connectivity index (χ0n) is 11.2. The lowest BCUT2D eigenvalue weighted by Gasteiger charge is -2.02. The fraction of sp³-hybridized carbons (Fsp3) is 0.333. The summed E-state index contributed by atoms with van der Waals surface area (Å²) < 4.78 is 7.36. The first-order valence-corrected chi connectivity index (χ1v) is 7.74. The van der Waals surface area contributed by atoms with Gasteiger partial charge in [-0.1, -0.05) is 11.3 Å². The maximum atomic E-state index is 5.45. The molecular formula is C15H15N3OS. The van der Waals surface area contributed by atoms with E-state index >= 15 is 0 Å². The molecule has 3 aromatic rings. The number of aromatic nitrogens is 3. The summed E-state index contributed by atoms with van der Waals surface area (Å²) >= 11 is 1.71. The molecule has 2 aromatic heterocycles. The van der Waals surface area contributed by atoms with Crippen molar-refractivity contribution in [1.82, 2.24) is 14.6 Å². The van der Waals surface area contributed by atoms with Gasteiger partial charge in [0.1, 0.15) is 10.8 Å². The van der Waals surface area contributed by atoms with Crippen molar-refractivity contribution < 1.29 is 4.74 Å². The average molecular weight is 285 g/mol. The second kappa shape index (κ2) is 4.59. The van der Waals surface area contributed by atoms with Crippen LogP contribution >= 0.6 is 11.3 Å². The summed E-state index contributed by atoms with van der Waals surface area (Å²) in [6.45, 7) is 2.67. The van der Waals surface area contributed by atoms with Crippen LogP contribution in [0.2, 0.25) is 0 Å². The molecule has 1 aliphatic rings. The highest BCUT2D eigenvalue weighted by Crippen LogP contribution is 2.42. The van der Waals surface area contributed by atoms with Crippen LogP contribution in [0.25, 0.3) is 16.2 Å². The fourth-order valence-corrected chi connectivity index (χ4v) is 3.29. The van der Waals surface area contributed by atoms with Crippen molar-refractivity contribution in [2.45, 2.75) is 25.7 Å². The lowest BCUT2D eigenvalue weighted by molar-refractivity contribution is 0.340. The average Bonchev–Trinajstić information content (AvgIpc) is 3.11. The molecule has 4 rings (SSSR count). The van der Waals surface area contributed by atoms with Gasteiger partial charge >= 0.3 is 0 Å². The highest BCUT2D eigenvalue weighted by Gasteiger charge is 2.27. The summed E-state index contributed by atoms with van der Waals surface area (Å²) in [4.78, 5) is 5.65. The van der Waals surface area contributed by atoms with Crippen molar-refractivity contribution >= 4 is 16.3 Å². The highest BCUT2D eigenvalue weighted by molar-refractivity contribution is 7.16. The van der Waals surface area contributed by atoms with Crippen LogP contribution in [0.4, 0.5) is 0 Å². The van der Waals surface area contributed by atoms with Crippen molar-refractivity contribution in [3.63, 3.8) is 0 Å². The Balaban J connectivity index is 1.65. The molecule has 102 valence electrons. The normalized spacial score (nSPS) is 14.8. The van der Waals surface area contributed by atoms with E-state index in [4.69, 9.17) is 4.74 Å². The monoisotopic (exact) mass is 285 g/mol. The predicted molar refractivity (Wildman–Crippen MR) is 79.4 cm³/mol. The molecule has 0 bridgehead atoms. The zero-order chi connectivity index (χ0) is 13.5. The molecule has 0 N–H and O–H groups in total. The predicted octanol–water partition coefficient (Wildman–Crippen LogP) is 3.73. The quantitative estimate of drug-likeness (QED) is 0.733. The van der Waals surface area contributed by atoms with Crippen molar-refractivity contribution in [3.05, 3.63) is 35.5 Å². The zero-order valence-corrected chi connectivity index (χ0v) is 12.1. The summed E-state index contributed by atoms with van der Waals surface area (Å²) in [5.74, 6) is 1.59. The Kier molecular flexibility index (Phi) is 2.73. The standard InChI is InChI=1S/C15H15N3OS/c1-2-19-12-7-5-10(6-8-12)13-9-18-15(16-13)20-14(17-18)11-3-4-11/h5-9,11H,2-4H2,1H3. The Labute approximate surface area is 121 Å². The molecule has 0 spiro atoms. The van der Waals surface area contributed by atoms with Gasteiger partial charge in [0.2, 0.25) is 4.96 Å². The van der Waals surface area contributed by atoms with Gasteiger partial charge in [0, 0.05) is 11.5 Å². The number of hydrogen-bond donors (Lipinski definition) is 0. The fourth-order valence-electron chi connectivity index (χ4n) is 2.24. The molecule has 0 radical (unpaired) electrons. The molecule has 1 aliphatic carbocycles. The van der Waals surface area contributed by atoms with E-state index in [0.717, 1.165) is 22.0 Å². The van der Waals surface area contributed by atoms with Crippen LogP contribution in [0.15, 0.2) is 30.5 Å². The molecule has 1 saturated carbocycles. The van der Waals surface area contributed by atoms with E-state index < -0.39 is 0 Å². The molecule has 0 amide bonds. The van der Waals surface area contributed by atoms with Gasteiger partial charge in [-0.15, -0.1) is 0 Å². The number of imidazole rings is 1. The molecule has 20 heavy (non-hydrogen) atoms. The van der Waals surface area contributed by atoms with Crippen LogP contribution in [0.5, 0.6) is 5.75 Å². The highest BCUT2D eigenvalue weighted by atomic mass is 32.1. The molecule has 0 atom stereocenters.